The molecular weight excluding hydrogens is 735 g/mol. The molecule has 1 unspecified atom stereocenters. The Labute approximate surface area is 338 Å². The summed E-state index contributed by atoms with van der Waals surface area (Å²) in [5.74, 6) is -1.04. The van der Waals surface area contributed by atoms with Crippen LogP contribution in [0.4, 0.5) is 0 Å². The molecule has 0 heterocycles. The zero-order chi connectivity index (χ0) is 41.4. The maximum atomic E-state index is 12.6. The number of phosphoric ester groups is 1. The van der Waals surface area contributed by atoms with Crippen molar-refractivity contribution in [1.82, 2.24) is 0 Å². The number of aliphatic hydroxyl groups is 3. The Morgan fingerprint density at radius 1 is 0.607 bits per heavy atom. The molecule has 0 aromatic heterocycles. The summed E-state index contributed by atoms with van der Waals surface area (Å²) in [6.07, 6.45) is 39.3. The third-order valence-corrected chi connectivity index (χ3v) is 9.68. The van der Waals surface area contributed by atoms with Gasteiger partial charge in [-0.3, -0.25) is 18.6 Å². The van der Waals surface area contributed by atoms with Crippen molar-refractivity contribution in [3.8, 4) is 0 Å². The number of phosphoric acid groups is 1. The highest BCUT2D eigenvalue weighted by atomic mass is 31.2. The van der Waals surface area contributed by atoms with Crippen molar-refractivity contribution in [3.63, 3.8) is 0 Å². The fourth-order valence-corrected chi connectivity index (χ4v) is 6.15. The van der Waals surface area contributed by atoms with Crippen molar-refractivity contribution in [2.45, 2.75) is 180 Å². The van der Waals surface area contributed by atoms with E-state index in [9.17, 15) is 29.3 Å². The van der Waals surface area contributed by atoms with E-state index in [1.165, 1.54) is 57.8 Å². The molecule has 0 aromatic carbocycles. The number of aliphatic hydroxyl groups excluding tert-OH is 3. The van der Waals surface area contributed by atoms with E-state index in [-0.39, 0.29) is 19.4 Å². The molecule has 0 rings (SSSR count). The second kappa shape index (κ2) is 39.5. The molecule has 324 valence electrons. The van der Waals surface area contributed by atoms with Gasteiger partial charge in [-0.1, -0.05) is 139 Å². The zero-order valence-corrected chi connectivity index (χ0v) is 35.6. The van der Waals surface area contributed by atoms with E-state index in [4.69, 9.17) is 19.1 Å². The highest BCUT2D eigenvalue weighted by molar-refractivity contribution is 7.47. The first kappa shape index (κ1) is 53.6. The Morgan fingerprint density at radius 3 is 1.82 bits per heavy atom. The van der Waals surface area contributed by atoms with Crippen molar-refractivity contribution >= 4 is 19.8 Å². The number of unbranched alkanes of at least 4 members (excludes halogenated alkanes) is 15. The number of hydrogen-bond donors (Lipinski definition) is 4. The van der Waals surface area contributed by atoms with Gasteiger partial charge in [-0.25, -0.2) is 4.57 Å². The van der Waals surface area contributed by atoms with Crippen LogP contribution >= 0.6 is 7.82 Å². The Hall–Kier alpha value is -2.37. The van der Waals surface area contributed by atoms with Gasteiger partial charge in [0.05, 0.1) is 25.9 Å². The van der Waals surface area contributed by atoms with Crippen LogP contribution in [0.25, 0.3) is 0 Å². The van der Waals surface area contributed by atoms with Crippen molar-refractivity contribution in [2.75, 3.05) is 26.4 Å². The summed E-state index contributed by atoms with van der Waals surface area (Å²) in [5, 5.41) is 28.3. The van der Waals surface area contributed by atoms with Crippen LogP contribution in [0.5, 0.6) is 0 Å². The van der Waals surface area contributed by atoms with Crippen LogP contribution in [0.3, 0.4) is 0 Å². The lowest BCUT2D eigenvalue weighted by Crippen LogP contribution is -2.29. The Kier molecular flexibility index (Phi) is 37.8. The van der Waals surface area contributed by atoms with Crippen LogP contribution < -0.4 is 0 Å². The Bertz CT molecular complexity index is 1130. The van der Waals surface area contributed by atoms with Gasteiger partial charge in [0, 0.05) is 12.8 Å². The van der Waals surface area contributed by atoms with Gasteiger partial charge in [0.25, 0.3) is 0 Å². The molecule has 0 bridgehead atoms. The predicted molar refractivity (Wildman–Crippen MR) is 225 cm³/mol. The lowest BCUT2D eigenvalue weighted by atomic mass is 10.1. The summed E-state index contributed by atoms with van der Waals surface area (Å²) in [6, 6.07) is 0. The minimum absolute atomic E-state index is 0.130. The van der Waals surface area contributed by atoms with E-state index < -0.39 is 57.9 Å². The molecule has 0 aromatic rings. The fraction of sp³-hybridized carbons (Fsp3) is 0.727. The molecular formula is C44H77O11P. The molecule has 0 saturated carbocycles. The lowest BCUT2D eigenvalue weighted by Gasteiger charge is -2.20. The molecule has 0 fully saturated rings. The summed E-state index contributed by atoms with van der Waals surface area (Å²) in [6.45, 7) is 2.17. The average Bonchev–Trinajstić information content (AvgIpc) is 3.18. The number of rotatable bonds is 39. The van der Waals surface area contributed by atoms with Gasteiger partial charge in [0.15, 0.2) is 6.10 Å². The summed E-state index contributed by atoms with van der Waals surface area (Å²) >= 11 is 0. The lowest BCUT2D eigenvalue weighted by molar-refractivity contribution is -0.161. The molecule has 0 radical (unpaired) electrons. The van der Waals surface area contributed by atoms with E-state index in [1.54, 1.807) is 6.08 Å². The maximum absolute atomic E-state index is 12.6. The second-order valence-electron chi connectivity index (χ2n) is 14.2. The molecule has 4 atom stereocenters. The summed E-state index contributed by atoms with van der Waals surface area (Å²) in [5.41, 5.74) is 0. The molecule has 12 heteroatoms. The largest absolute Gasteiger partial charge is 0.472 e. The van der Waals surface area contributed by atoms with Crippen molar-refractivity contribution in [1.29, 1.82) is 0 Å². The number of esters is 2. The van der Waals surface area contributed by atoms with E-state index in [1.807, 2.05) is 36.5 Å². The van der Waals surface area contributed by atoms with Gasteiger partial charge in [-0.15, -0.1) is 0 Å². The molecule has 11 nitrogen and oxygen atoms in total. The van der Waals surface area contributed by atoms with Gasteiger partial charge in [0.2, 0.25) is 0 Å². The number of carbonyl (C=O) groups excluding carboxylic acids is 2. The predicted octanol–water partition coefficient (Wildman–Crippen LogP) is 10.1. The van der Waals surface area contributed by atoms with E-state index >= 15 is 0 Å². The molecule has 0 amide bonds. The number of ether oxygens (including phenoxy) is 2. The van der Waals surface area contributed by atoms with Crippen LogP contribution in [0.1, 0.15) is 162 Å². The number of carbonyl (C=O) groups is 2. The molecule has 4 N–H and O–H groups in total. The highest BCUT2D eigenvalue weighted by Crippen LogP contribution is 2.43. The number of allylic oxidation sites excluding steroid dienone is 8. The summed E-state index contributed by atoms with van der Waals surface area (Å²) in [7, 11) is -4.65. The van der Waals surface area contributed by atoms with Gasteiger partial charge < -0.3 is 29.7 Å². The van der Waals surface area contributed by atoms with Crippen LogP contribution in [0.2, 0.25) is 0 Å². The minimum Gasteiger partial charge on any atom is -0.462 e. The maximum Gasteiger partial charge on any atom is 0.472 e. The average molecular weight is 813 g/mol. The molecule has 0 aliphatic carbocycles. The van der Waals surface area contributed by atoms with Crippen LogP contribution in [-0.4, -0.2) is 76.9 Å². The van der Waals surface area contributed by atoms with E-state index in [0.29, 0.717) is 32.1 Å². The minimum atomic E-state index is -4.65. The first-order valence-corrected chi connectivity index (χ1v) is 22.8. The molecule has 0 spiro atoms. The first-order chi connectivity index (χ1) is 27.1. The first-order valence-electron chi connectivity index (χ1n) is 21.4. The topological polar surface area (TPSA) is 169 Å². The normalized spacial score (nSPS) is 15.0. The van der Waals surface area contributed by atoms with Crippen LogP contribution in [-0.2, 0) is 32.7 Å². The molecule has 0 saturated heterocycles. The summed E-state index contributed by atoms with van der Waals surface area (Å²) in [4.78, 5) is 34.9. The Balaban J connectivity index is 4.49. The Morgan fingerprint density at radius 2 is 1.14 bits per heavy atom. The number of hydrogen-bond acceptors (Lipinski definition) is 10. The monoisotopic (exact) mass is 813 g/mol. The van der Waals surface area contributed by atoms with E-state index in [2.05, 4.69) is 36.6 Å². The second-order valence-corrected chi connectivity index (χ2v) is 15.7. The zero-order valence-electron chi connectivity index (χ0n) is 34.7. The highest BCUT2D eigenvalue weighted by Gasteiger charge is 2.27. The molecule has 0 aliphatic rings. The van der Waals surface area contributed by atoms with Crippen molar-refractivity contribution < 1.29 is 52.9 Å². The van der Waals surface area contributed by atoms with Crippen LogP contribution in [0.15, 0.2) is 60.8 Å². The van der Waals surface area contributed by atoms with Gasteiger partial charge >= 0.3 is 19.8 Å². The molecule has 0 aliphatic heterocycles. The van der Waals surface area contributed by atoms with Gasteiger partial charge in [-0.2, -0.15) is 0 Å². The van der Waals surface area contributed by atoms with Crippen molar-refractivity contribution in [3.05, 3.63) is 60.8 Å². The fourth-order valence-electron chi connectivity index (χ4n) is 5.36. The third kappa shape index (κ3) is 38.5. The van der Waals surface area contributed by atoms with Crippen molar-refractivity contribution in [2.24, 2.45) is 0 Å². The molecule has 56 heavy (non-hydrogen) atoms. The third-order valence-electron chi connectivity index (χ3n) is 8.72. The van der Waals surface area contributed by atoms with E-state index in [0.717, 1.165) is 44.9 Å². The van der Waals surface area contributed by atoms with Gasteiger partial charge in [0.1, 0.15) is 12.7 Å². The smallest absolute Gasteiger partial charge is 0.462 e. The SMILES string of the molecule is CCCCC/C=C\C[C@@H](O)/C=C/C=C\C/C=C\CCCC(=O)OC[C@H](COP(=O)(O)OC[C@@H](O)CO)OC(=O)CCCCCCC/C=C\CCCCCCCC. The standard InChI is InChI=1S/C44H77O11P/c1-3-5-7-9-11-12-13-14-15-16-17-18-23-27-31-35-44(49)55-42(39-54-56(50,51)53-37-41(47)36-45)38-52-43(48)34-30-26-22-20-19-21-25-29-33-40(46)32-28-24-10-8-6-4-2/h14-15,20-22,24-25,28-29,33,40-42,45-47H,3-13,16-19,23,26-27,30-32,34-39H2,1-2H3,(H,50,51)/b15-14-,22-20-,25-21-,28-24-,33-29+/t40-,41+,42-/m1/s1. The summed E-state index contributed by atoms with van der Waals surface area (Å²) < 4.78 is 32.6. The quantitative estimate of drug-likeness (QED) is 0.0153. The van der Waals surface area contributed by atoms with Crippen LogP contribution in [0, 0.1) is 0 Å². The van der Waals surface area contributed by atoms with Gasteiger partial charge in [-0.05, 0) is 70.6 Å².